The monoisotopic (exact) mass is 746 g/mol. The zero-order chi connectivity index (χ0) is 34.5. The quantitative estimate of drug-likeness (QED) is 0.0849. The fraction of sp³-hybridized carbons (Fsp3) is 0.474. The van der Waals surface area contributed by atoms with E-state index in [1.165, 1.54) is 18.2 Å². The lowest BCUT2D eigenvalue weighted by atomic mass is 9.47. The van der Waals surface area contributed by atoms with Crippen LogP contribution in [0.4, 0.5) is 5.69 Å². The summed E-state index contributed by atoms with van der Waals surface area (Å²) in [4.78, 5) is 41.7. The smallest absolute Gasteiger partial charge is 0.313 e. The van der Waals surface area contributed by atoms with E-state index in [1.807, 2.05) is 36.4 Å². The number of carboxylic acid groups (broad SMARTS) is 2. The van der Waals surface area contributed by atoms with Crippen LogP contribution in [-0.4, -0.2) is 62.7 Å². The molecule has 0 saturated carbocycles. The Morgan fingerprint density at radius 3 is 2.10 bits per heavy atom. The molecule has 0 spiro atoms. The van der Waals surface area contributed by atoms with Crippen LogP contribution in [0, 0.1) is 26.9 Å². The molecular weight excluding hydrogens is 695 g/mol. The minimum Gasteiger partial charge on any atom is -0.481 e. The van der Waals surface area contributed by atoms with Crippen LogP contribution < -0.4 is 11.1 Å². The summed E-state index contributed by atoms with van der Waals surface area (Å²) >= 11 is 0. The maximum atomic E-state index is 14.1. The molecule has 3 aromatic rings. The molecule has 0 aliphatic carbocycles. The molecule has 3 aromatic carbocycles. The molecule has 2 fully saturated rings. The van der Waals surface area contributed by atoms with E-state index in [9.17, 15) is 29.9 Å². The number of unbranched alkanes of at least 4 members (excludes halogenated alkanes) is 3. The van der Waals surface area contributed by atoms with Gasteiger partial charge in [0.15, 0.2) is 0 Å². The number of non-ortho nitro benzene ring substituents is 1. The Bertz CT molecular complexity index is 1550. The van der Waals surface area contributed by atoms with Crippen molar-refractivity contribution < 1.29 is 30.2 Å². The van der Waals surface area contributed by atoms with Crippen molar-refractivity contribution >= 4 is 42.4 Å². The highest BCUT2D eigenvalue weighted by atomic mass is 35.5. The number of nitrogens with two attached hydrogens (primary N) is 1. The first-order valence-corrected chi connectivity index (χ1v) is 17.2. The van der Waals surface area contributed by atoms with Crippen LogP contribution in [0.2, 0.25) is 0 Å². The summed E-state index contributed by atoms with van der Waals surface area (Å²) in [6.07, 6.45) is 3.51. The molecule has 280 valence electrons. The molecule has 2 saturated heterocycles. The third-order valence-electron chi connectivity index (χ3n) is 11.1. The molecule has 51 heavy (non-hydrogen) atoms. The summed E-state index contributed by atoms with van der Waals surface area (Å²) in [6.45, 7) is 4.90. The van der Waals surface area contributed by atoms with Gasteiger partial charge in [-0.2, -0.15) is 0 Å². The van der Waals surface area contributed by atoms with E-state index in [4.69, 9.17) is 5.73 Å². The van der Waals surface area contributed by atoms with Crippen LogP contribution in [0.25, 0.3) is 0 Å². The Kier molecular flexibility index (Phi) is 16.0. The number of hydrogen-bond acceptors (Lipinski definition) is 7. The van der Waals surface area contributed by atoms with Crippen molar-refractivity contribution in [2.75, 3.05) is 13.1 Å². The van der Waals surface area contributed by atoms with Gasteiger partial charge in [0.05, 0.1) is 22.5 Å². The van der Waals surface area contributed by atoms with Crippen molar-refractivity contribution in [3.8, 4) is 0 Å². The van der Waals surface area contributed by atoms with Crippen molar-refractivity contribution in [3.05, 3.63) is 112 Å². The molecule has 13 heteroatoms. The second-order valence-electron chi connectivity index (χ2n) is 13.6. The molecular formula is C38H52Cl2N4O7. The number of nitro benzene ring substituents is 1. The molecule has 7 N–H and O–H groups in total. The molecule has 0 radical (unpaired) electrons. The highest BCUT2D eigenvalue weighted by Gasteiger charge is 2.69. The Morgan fingerprint density at radius 1 is 0.961 bits per heavy atom. The third kappa shape index (κ3) is 8.24. The highest BCUT2D eigenvalue weighted by molar-refractivity contribution is 5.86. The van der Waals surface area contributed by atoms with E-state index in [0.29, 0.717) is 37.9 Å². The van der Waals surface area contributed by atoms with Gasteiger partial charge in [0, 0.05) is 30.6 Å². The Labute approximate surface area is 312 Å². The van der Waals surface area contributed by atoms with Gasteiger partial charge in [0.1, 0.15) is 5.41 Å². The molecule has 0 bridgehead atoms. The van der Waals surface area contributed by atoms with Gasteiger partial charge in [-0.3, -0.25) is 29.9 Å². The summed E-state index contributed by atoms with van der Waals surface area (Å²) in [5, 5.41) is 38.1. The van der Waals surface area contributed by atoms with Gasteiger partial charge < -0.3 is 21.4 Å². The number of carbonyl (C=O) groups is 2. The Balaban J connectivity index is 0.00000300. The Hall–Kier alpha value is -3.58. The minimum absolute atomic E-state index is 0. The van der Waals surface area contributed by atoms with E-state index >= 15 is 0 Å². The molecule has 2 heterocycles. The number of nitrogens with one attached hydrogen (secondary N) is 1. The summed E-state index contributed by atoms with van der Waals surface area (Å²) in [5.74, 6) is -4.03. The summed E-state index contributed by atoms with van der Waals surface area (Å²) in [6, 6.07) is 25.2. The van der Waals surface area contributed by atoms with Gasteiger partial charge in [0.25, 0.3) is 5.69 Å². The SMILES string of the molecule is CCCCCCC1(C(=O)O)C(C)NC(N)C(C(=O)O)(C2CCCN(C(c3ccccc3)c3ccccc3)C2)C1c1cccc([N+](=O)[O-])c1.Cl.Cl.O. The molecule has 0 aromatic heterocycles. The molecule has 2 aliphatic heterocycles. The molecule has 5 rings (SSSR count). The van der Waals surface area contributed by atoms with Crippen molar-refractivity contribution in [2.24, 2.45) is 22.5 Å². The summed E-state index contributed by atoms with van der Waals surface area (Å²) in [5.41, 5.74) is 5.81. The number of aliphatic carboxylic acids is 2. The number of nitro groups is 1. The van der Waals surface area contributed by atoms with E-state index in [-0.39, 0.29) is 48.4 Å². The number of piperidine rings is 2. The summed E-state index contributed by atoms with van der Waals surface area (Å²) < 4.78 is 0. The van der Waals surface area contributed by atoms with Gasteiger partial charge in [-0.1, -0.05) is 105 Å². The van der Waals surface area contributed by atoms with E-state index in [2.05, 4.69) is 41.4 Å². The second kappa shape index (κ2) is 18.8. The number of carboxylic acids is 2. The molecule has 2 aliphatic rings. The molecule has 6 atom stereocenters. The number of nitrogens with zero attached hydrogens (tertiary/aromatic N) is 2. The third-order valence-corrected chi connectivity index (χ3v) is 11.1. The molecule has 6 unspecified atom stereocenters. The number of halogens is 2. The minimum atomic E-state index is -1.80. The Morgan fingerprint density at radius 2 is 1.57 bits per heavy atom. The number of hydrogen-bond donors (Lipinski definition) is 4. The average molecular weight is 748 g/mol. The van der Waals surface area contributed by atoms with Gasteiger partial charge in [0.2, 0.25) is 0 Å². The predicted molar refractivity (Wildman–Crippen MR) is 202 cm³/mol. The fourth-order valence-electron chi connectivity index (χ4n) is 8.86. The molecule has 11 nitrogen and oxygen atoms in total. The van der Waals surface area contributed by atoms with Crippen molar-refractivity contribution in [1.82, 2.24) is 10.2 Å². The standard InChI is InChI=1S/C38H48N4O6.2ClH.H2O/c1-3-4-5-12-22-37(35(43)44)26(2)40-34(39)38(36(45)46,33(37)29-19-13-21-31(24-29)42(47)48)30-20-14-23-41(25-30)32(27-15-8-6-9-16-27)28-17-10-7-11-18-28;;;/h6-11,13,15-19,21,24,26,30,32-34,40H,3-5,12,14,20,22-23,25,39H2,1-2H3,(H,43,44)(H,45,46);2*1H;1H2. The van der Waals surface area contributed by atoms with Crippen LogP contribution in [0.5, 0.6) is 0 Å². The first-order valence-electron chi connectivity index (χ1n) is 17.2. The highest BCUT2D eigenvalue weighted by Crippen LogP contribution is 2.61. The maximum Gasteiger partial charge on any atom is 0.313 e. The number of rotatable bonds is 13. The average Bonchev–Trinajstić information content (AvgIpc) is 3.08. The van der Waals surface area contributed by atoms with Gasteiger partial charge in [-0.05, 0) is 55.3 Å². The largest absolute Gasteiger partial charge is 0.481 e. The summed E-state index contributed by atoms with van der Waals surface area (Å²) in [7, 11) is 0. The van der Waals surface area contributed by atoms with Gasteiger partial charge >= 0.3 is 11.9 Å². The van der Waals surface area contributed by atoms with Gasteiger partial charge in [-0.25, -0.2) is 0 Å². The van der Waals surface area contributed by atoms with E-state index in [0.717, 1.165) is 30.4 Å². The first kappa shape index (κ1) is 43.6. The lowest BCUT2D eigenvalue weighted by molar-refractivity contribution is -0.385. The second-order valence-corrected chi connectivity index (χ2v) is 13.6. The van der Waals surface area contributed by atoms with Crippen LogP contribution in [0.3, 0.4) is 0 Å². The zero-order valence-electron chi connectivity index (χ0n) is 29.1. The maximum absolute atomic E-state index is 14.1. The predicted octanol–water partition coefficient (Wildman–Crippen LogP) is 6.59. The van der Waals surface area contributed by atoms with Crippen LogP contribution in [0.1, 0.15) is 87.4 Å². The van der Waals surface area contributed by atoms with Crippen LogP contribution in [-0.2, 0) is 9.59 Å². The lowest BCUT2D eigenvalue weighted by Crippen LogP contribution is -2.75. The fourth-order valence-corrected chi connectivity index (χ4v) is 8.86. The van der Waals surface area contributed by atoms with Crippen LogP contribution >= 0.6 is 24.8 Å². The van der Waals surface area contributed by atoms with E-state index < -0.39 is 51.7 Å². The van der Waals surface area contributed by atoms with E-state index in [1.54, 1.807) is 13.0 Å². The zero-order valence-corrected chi connectivity index (χ0v) is 30.8. The van der Waals surface area contributed by atoms with Gasteiger partial charge in [-0.15, -0.1) is 24.8 Å². The van der Waals surface area contributed by atoms with Crippen molar-refractivity contribution in [2.45, 2.75) is 83.0 Å². The van der Waals surface area contributed by atoms with Crippen molar-refractivity contribution in [1.29, 1.82) is 0 Å². The van der Waals surface area contributed by atoms with Crippen LogP contribution in [0.15, 0.2) is 84.9 Å². The lowest BCUT2D eigenvalue weighted by Gasteiger charge is -2.60. The van der Waals surface area contributed by atoms with Crippen molar-refractivity contribution in [3.63, 3.8) is 0 Å². The normalized spacial score (nSPS) is 26.2. The first-order chi connectivity index (χ1) is 23.1. The molecule has 0 amide bonds. The number of likely N-dealkylation sites (tertiary alicyclic amines) is 1. The number of benzene rings is 3. The topological polar surface area (TPSA) is 191 Å².